The van der Waals surface area contributed by atoms with Gasteiger partial charge in [0.2, 0.25) is 5.91 Å². The number of aromatic nitrogens is 4. The van der Waals surface area contributed by atoms with Crippen LogP contribution in [-0.2, 0) is 28.9 Å². The number of anilines is 1. The SMILES string of the molecule is CC1(C)C(=O)N(c2cnc(C#N)c(C(F)(F)F)c2)C(=O)N1Cc1ccc(-c2cn(CCCCCC(=O)NO)nn2)cc1F. The van der Waals surface area contributed by atoms with Gasteiger partial charge in [0.05, 0.1) is 30.2 Å². The van der Waals surface area contributed by atoms with Gasteiger partial charge in [0.15, 0.2) is 5.69 Å². The number of hydrogen-bond donors (Lipinski definition) is 2. The summed E-state index contributed by atoms with van der Waals surface area (Å²) in [6.45, 7) is 2.92. The number of hydrogen-bond acceptors (Lipinski definition) is 8. The standard InChI is InChI=1S/C27H26F4N8O4/c1-26(2)24(41)39(18-11-19(27(29,30)31)21(12-32)33-13-18)25(42)38(26)14-17-8-7-16(10-20(17)28)22-15-37(36-34-22)9-5-3-4-6-23(40)35-43/h7-8,10-11,13,15,43H,3-6,9,14H2,1-2H3,(H,35,40). The van der Waals surface area contributed by atoms with Crippen molar-refractivity contribution in [2.75, 3.05) is 4.90 Å². The van der Waals surface area contributed by atoms with Gasteiger partial charge in [-0.2, -0.15) is 18.4 Å². The summed E-state index contributed by atoms with van der Waals surface area (Å²) in [5.74, 6) is -2.01. The third kappa shape index (κ3) is 6.46. The first-order chi connectivity index (χ1) is 20.3. The Hall–Kier alpha value is -4.91. The second-order valence-corrected chi connectivity index (χ2v) is 10.3. The first kappa shape index (κ1) is 31.0. The van der Waals surface area contributed by atoms with Crippen molar-refractivity contribution in [2.45, 2.75) is 64.3 Å². The van der Waals surface area contributed by atoms with Crippen LogP contribution < -0.4 is 10.4 Å². The molecule has 1 aliphatic rings. The molecule has 0 bridgehead atoms. The van der Waals surface area contributed by atoms with Crippen molar-refractivity contribution >= 4 is 23.5 Å². The van der Waals surface area contributed by atoms with E-state index in [1.165, 1.54) is 32.0 Å². The Bertz CT molecular complexity index is 1600. The smallest absolute Gasteiger partial charge is 0.305 e. The van der Waals surface area contributed by atoms with Gasteiger partial charge in [0, 0.05) is 24.1 Å². The van der Waals surface area contributed by atoms with Gasteiger partial charge in [-0.15, -0.1) is 5.10 Å². The lowest BCUT2D eigenvalue weighted by atomic mass is 10.0. The zero-order valence-electron chi connectivity index (χ0n) is 23.0. The highest BCUT2D eigenvalue weighted by molar-refractivity contribution is 6.22. The van der Waals surface area contributed by atoms with E-state index in [0.717, 1.165) is 11.1 Å². The number of urea groups is 1. The predicted octanol–water partition coefficient (Wildman–Crippen LogP) is 4.18. The van der Waals surface area contributed by atoms with Gasteiger partial charge in [-0.1, -0.05) is 23.8 Å². The number of carbonyl (C=O) groups is 3. The fourth-order valence-electron chi connectivity index (χ4n) is 4.55. The Morgan fingerprint density at radius 1 is 1.16 bits per heavy atom. The Morgan fingerprint density at radius 2 is 1.91 bits per heavy atom. The number of nitriles is 1. The number of rotatable bonds is 10. The number of unbranched alkanes of at least 4 members (excludes halogenated alkanes) is 2. The van der Waals surface area contributed by atoms with E-state index >= 15 is 4.39 Å². The van der Waals surface area contributed by atoms with E-state index in [1.807, 2.05) is 0 Å². The molecule has 1 saturated heterocycles. The van der Waals surface area contributed by atoms with Crippen molar-refractivity contribution in [3.05, 3.63) is 59.3 Å². The lowest BCUT2D eigenvalue weighted by molar-refractivity contribution is -0.138. The molecular formula is C27H26F4N8O4. The fourth-order valence-corrected chi connectivity index (χ4v) is 4.55. The highest BCUT2D eigenvalue weighted by Crippen LogP contribution is 2.37. The van der Waals surface area contributed by atoms with Crippen LogP contribution in [0.1, 0.15) is 56.4 Å². The highest BCUT2D eigenvalue weighted by Gasteiger charge is 2.52. The number of halogens is 4. The molecule has 3 aromatic rings. The molecule has 0 spiro atoms. The second kappa shape index (κ2) is 12.1. The Morgan fingerprint density at radius 3 is 2.56 bits per heavy atom. The molecule has 2 aromatic heterocycles. The summed E-state index contributed by atoms with van der Waals surface area (Å²) in [5, 5.41) is 25.6. The molecule has 226 valence electrons. The molecule has 1 aromatic carbocycles. The maximum atomic E-state index is 15.2. The molecule has 0 aliphatic carbocycles. The van der Waals surface area contributed by atoms with E-state index < -0.39 is 52.3 Å². The lowest BCUT2D eigenvalue weighted by Gasteiger charge is -2.28. The molecule has 1 aliphatic heterocycles. The summed E-state index contributed by atoms with van der Waals surface area (Å²) in [6.07, 6.45) is -0.308. The van der Waals surface area contributed by atoms with E-state index in [1.54, 1.807) is 22.4 Å². The lowest BCUT2D eigenvalue weighted by Crippen LogP contribution is -2.43. The molecular weight excluding hydrogens is 576 g/mol. The average molecular weight is 603 g/mol. The van der Waals surface area contributed by atoms with Gasteiger partial charge >= 0.3 is 12.2 Å². The molecule has 0 radical (unpaired) electrons. The monoisotopic (exact) mass is 602 g/mol. The molecule has 2 N–H and O–H groups in total. The highest BCUT2D eigenvalue weighted by atomic mass is 19.4. The number of pyridine rings is 1. The first-order valence-corrected chi connectivity index (χ1v) is 13.0. The van der Waals surface area contributed by atoms with Crippen LogP contribution in [0.3, 0.4) is 0 Å². The summed E-state index contributed by atoms with van der Waals surface area (Å²) in [4.78, 5) is 42.6. The van der Waals surface area contributed by atoms with Crippen LogP contribution in [0.5, 0.6) is 0 Å². The minimum absolute atomic E-state index is 0.0491. The number of carbonyl (C=O) groups excluding carboxylic acids is 3. The second-order valence-electron chi connectivity index (χ2n) is 10.3. The number of benzene rings is 1. The summed E-state index contributed by atoms with van der Waals surface area (Å²) < 4.78 is 57.2. The van der Waals surface area contributed by atoms with Crippen molar-refractivity contribution in [1.29, 1.82) is 5.26 Å². The van der Waals surface area contributed by atoms with Crippen molar-refractivity contribution in [1.82, 2.24) is 30.4 Å². The number of hydroxylamine groups is 1. The normalized spacial score (nSPS) is 14.7. The minimum atomic E-state index is -4.95. The fraction of sp³-hybridized carbons (Fsp3) is 0.370. The predicted molar refractivity (Wildman–Crippen MR) is 140 cm³/mol. The van der Waals surface area contributed by atoms with Gasteiger partial charge in [0.1, 0.15) is 23.1 Å². The Balaban J connectivity index is 1.48. The summed E-state index contributed by atoms with van der Waals surface area (Å²) in [6, 6.07) is 5.06. The molecule has 16 heteroatoms. The van der Waals surface area contributed by atoms with Crippen LogP contribution in [0.25, 0.3) is 11.3 Å². The van der Waals surface area contributed by atoms with E-state index in [2.05, 4.69) is 15.3 Å². The number of nitrogens with zero attached hydrogens (tertiary/aromatic N) is 7. The van der Waals surface area contributed by atoms with E-state index in [9.17, 15) is 27.6 Å². The third-order valence-electron chi connectivity index (χ3n) is 7.00. The number of nitrogens with one attached hydrogen (secondary N) is 1. The van der Waals surface area contributed by atoms with Crippen LogP contribution in [0.4, 0.5) is 28.0 Å². The van der Waals surface area contributed by atoms with Crippen LogP contribution in [0.2, 0.25) is 0 Å². The van der Waals surface area contributed by atoms with Gasteiger partial charge in [-0.3, -0.25) is 19.5 Å². The number of imide groups is 1. The number of alkyl halides is 3. The molecule has 0 unspecified atom stereocenters. The van der Waals surface area contributed by atoms with E-state index in [0.29, 0.717) is 48.0 Å². The molecule has 1 fully saturated rings. The Labute approximate surface area is 242 Å². The zero-order chi connectivity index (χ0) is 31.5. The number of aryl methyl sites for hydroxylation is 1. The van der Waals surface area contributed by atoms with Gasteiger partial charge < -0.3 is 4.90 Å². The minimum Gasteiger partial charge on any atom is -0.305 e. The van der Waals surface area contributed by atoms with E-state index in [-0.39, 0.29) is 18.5 Å². The molecule has 0 saturated carbocycles. The summed E-state index contributed by atoms with van der Waals surface area (Å²) in [7, 11) is 0. The average Bonchev–Trinajstić information content (AvgIpc) is 3.50. The van der Waals surface area contributed by atoms with Gasteiger partial charge in [0.25, 0.3) is 5.91 Å². The maximum Gasteiger partial charge on any atom is 0.419 e. The van der Waals surface area contributed by atoms with Crippen molar-refractivity contribution in [3.8, 4) is 17.3 Å². The largest absolute Gasteiger partial charge is 0.419 e. The van der Waals surface area contributed by atoms with Crippen LogP contribution in [0, 0.1) is 17.1 Å². The van der Waals surface area contributed by atoms with Crippen LogP contribution >= 0.6 is 0 Å². The molecule has 12 nitrogen and oxygen atoms in total. The quantitative estimate of drug-likeness (QED) is 0.115. The van der Waals surface area contributed by atoms with Gasteiger partial charge in [-0.25, -0.2) is 24.5 Å². The number of amides is 4. The van der Waals surface area contributed by atoms with Crippen molar-refractivity contribution in [2.24, 2.45) is 0 Å². The Kier molecular flexibility index (Phi) is 8.76. The first-order valence-electron chi connectivity index (χ1n) is 13.0. The molecule has 3 heterocycles. The van der Waals surface area contributed by atoms with Crippen molar-refractivity contribution in [3.63, 3.8) is 0 Å². The molecule has 43 heavy (non-hydrogen) atoms. The van der Waals surface area contributed by atoms with Crippen LogP contribution in [-0.4, -0.2) is 53.5 Å². The third-order valence-corrected chi connectivity index (χ3v) is 7.00. The van der Waals surface area contributed by atoms with Gasteiger partial charge in [-0.05, 0) is 38.8 Å². The topological polar surface area (TPSA) is 157 Å². The summed E-state index contributed by atoms with van der Waals surface area (Å²) >= 11 is 0. The summed E-state index contributed by atoms with van der Waals surface area (Å²) in [5.41, 5.74) is -1.90. The molecule has 4 amide bonds. The molecule has 0 atom stereocenters. The van der Waals surface area contributed by atoms with Crippen LogP contribution in [0.15, 0.2) is 36.7 Å². The maximum absolute atomic E-state index is 15.2. The van der Waals surface area contributed by atoms with E-state index in [4.69, 9.17) is 10.5 Å². The van der Waals surface area contributed by atoms with Crippen molar-refractivity contribution < 1.29 is 37.2 Å². The molecule has 4 rings (SSSR count). The zero-order valence-corrected chi connectivity index (χ0v) is 23.0.